The lowest BCUT2D eigenvalue weighted by atomic mass is 10.1. The molecule has 2 N–H and O–H groups in total. The first-order valence-electron chi connectivity index (χ1n) is 6.01. The highest BCUT2D eigenvalue weighted by molar-refractivity contribution is 6.85. The zero-order valence-corrected chi connectivity index (χ0v) is 11.5. The minimum absolute atomic E-state index is 0.0397. The molecule has 0 atom stereocenters. The number of hydrogen-bond donors (Lipinski definition) is 2. The van der Waals surface area contributed by atoms with Crippen molar-refractivity contribution in [2.45, 2.75) is 0 Å². The van der Waals surface area contributed by atoms with Crippen molar-refractivity contribution in [3.63, 3.8) is 0 Å². The van der Waals surface area contributed by atoms with Gasteiger partial charge < -0.3 is 5.11 Å². The Bertz CT molecular complexity index is 699. The highest BCUT2D eigenvalue weighted by Crippen LogP contribution is 2.15. The van der Waals surface area contributed by atoms with E-state index in [0.717, 1.165) is 0 Å². The highest BCUT2D eigenvalue weighted by atomic mass is 35.5. The van der Waals surface area contributed by atoms with Gasteiger partial charge in [-0.25, -0.2) is 4.79 Å². The Morgan fingerprint density at radius 1 is 1.00 bits per heavy atom. The lowest BCUT2D eigenvalue weighted by Gasteiger charge is -2.05. The molecule has 2 aromatic rings. The third-order valence-corrected chi connectivity index (χ3v) is 2.91. The molecular formula is C15H11ClN2O3. The minimum Gasteiger partial charge on any atom is -0.478 e. The van der Waals surface area contributed by atoms with Gasteiger partial charge in [-0.05, 0) is 12.1 Å². The minimum atomic E-state index is -1.10. The summed E-state index contributed by atoms with van der Waals surface area (Å²) in [5, 5.41) is 12.5. The molecule has 0 saturated carbocycles. The van der Waals surface area contributed by atoms with Crippen molar-refractivity contribution < 1.29 is 14.7 Å². The van der Waals surface area contributed by atoms with E-state index in [9.17, 15) is 9.59 Å². The van der Waals surface area contributed by atoms with E-state index in [4.69, 9.17) is 16.7 Å². The molecule has 21 heavy (non-hydrogen) atoms. The van der Waals surface area contributed by atoms with E-state index in [1.807, 2.05) is 0 Å². The van der Waals surface area contributed by atoms with Crippen molar-refractivity contribution in [2.75, 3.05) is 5.43 Å². The number of aromatic carboxylic acids is 1. The zero-order valence-electron chi connectivity index (χ0n) is 10.8. The number of hydrogen-bond acceptors (Lipinski definition) is 4. The normalized spacial score (nSPS) is 11.0. The van der Waals surface area contributed by atoms with Crippen LogP contribution in [0.1, 0.15) is 20.7 Å². The number of carboxylic acid groups (broad SMARTS) is 1. The summed E-state index contributed by atoms with van der Waals surface area (Å²) in [7, 11) is 0. The second kappa shape index (κ2) is 6.67. The van der Waals surface area contributed by atoms with Gasteiger partial charge in [0.25, 0.3) is 0 Å². The number of para-hydroxylation sites is 1. The van der Waals surface area contributed by atoms with E-state index < -0.39 is 11.8 Å². The van der Waals surface area contributed by atoms with E-state index in [1.54, 1.807) is 42.5 Å². The first-order valence-corrected chi connectivity index (χ1v) is 6.38. The van der Waals surface area contributed by atoms with Crippen LogP contribution in [0.4, 0.5) is 5.69 Å². The van der Waals surface area contributed by atoms with E-state index >= 15 is 0 Å². The van der Waals surface area contributed by atoms with Gasteiger partial charge in [-0.2, -0.15) is 5.10 Å². The van der Waals surface area contributed by atoms with Crippen LogP contribution >= 0.6 is 11.6 Å². The molecule has 0 aliphatic heterocycles. The lowest BCUT2D eigenvalue weighted by molar-refractivity contribution is 0.0697. The Labute approximate surface area is 125 Å². The summed E-state index contributed by atoms with van der Waals surface area (Å²) in [5.41, 5.74) is 3.20. The number of hydrazone groups is 1. The van der Waals surface area contributed by atoms with E-state index in [0.29, 0.717) is 5.56 Å². The molecule has 2 rings (SSSR count). The maximum atomic E-state index is 12.0. The van der Waals surface area contributed by atoms with Crippen molar-refractivity contribution in [1.29, 1.82) is 0 Å². The van der Waals surface area contributed by atoms with Gasteiger partial charge >= 0.3 is 5.97 Å². The molecule has 0 heterocycles. The number of Topliss-reactive ketones (excluding diaryl/α,β-unsaturated/α-hetero) is 1. The van der Waals surface area contributed by atoms with E-state index in [2.05, 4.69) is 10.5 Å². The number of nitrogens with zero attached hydrogens (tertiary/aromatic N) is 1. The molecule has 0 aromatic heterocycles. The third kappa shape index (κ3) is 3.67. The number of rotatable bonds is 5. The van der Waals surface area contributed by atoms with Gasteiger partial charge in [0.05, 0.1) is 11.3 Å². The maximum absolute atomic E-state index is 12.0. The molecule has 2 aromatic carbocycles. The third-order valence-electron chi connectivity index (χ3n) is 2.66. The largest absolute Gasteiger partial charge is 0.478 e. The van der Waals surface area contributed by atoms with Crippen LogP contribution in [-0.2, 0) is 0 Å². The molecule has 0 unspecified atom stereocenters. The fourth-order valence-corrected chi connectivity index (χ4v) is 1.79. The Morgan fingerprint density at radius 2 is 1.62 bits per heavy atom. The molecule has 106 valence electrons. The average molecular weight is 303 g/mol. The van der Waals surface area contributed by atoms with Crippen molar-refractivity contribution >= 4 is 34.2 Å². The molecule has 5 nitrogen and oxygen atoms in total. The number of nitrogens with one attached hydrogen (secondary N) is 1. The van der Waals surface area contributed by atoms with E-state index in [1.165, 1.54) is 12.1 Å². The summed E-state index contributed by atoms with van der Waals surface area (Å²) in [6.45, 7) is 0. The molecule has 0 bridgehead atoms. The second-order valence-electron chi connectivity index (χ2n) is 4.06. The first kappa shape index (κ1) is 14.7. The Hall–Kier alpha value is -2.66. The summed E-state index contributed by atoms with van der Waals surface area (Å²) in [4.78, 5) is 23.0. The maximum Gasteiger partial charge on any atom is 0.337 e. The Morgan fingerprint density at radius 3 is 2.29 bits per heavy atom. The lowest BCUT2D eigenvalue weighted by Crippen LogP contribution is -2.11. The number of carbonyl (C=O) groups excluding carboxylic acids is 1. The molecule has 0 saturated heterocycles. The van der Waals surface area contributed by atoms with Crippen molar-refractivity contribution in [2.24, 2.45) is 5.10 Å². The molecule has 0 spiro atoms. The van der Waals surface area contributed by atoms with Crippen molar-refractivity contribution in [3.05, 3.63) is 65.7 Å². The smallest absolute Gasteiger partial charge is 0.337 e. The number of carboxylic acids is 1. The molecule has 6 heteroatoms. The van der Waals surface area contributed by atoms with Gasteiger partial charge in [0, 0.05) is 5.56 Å². The van der Waals surface area contributed by atoms with Gasteiger partial charge in [-0.1, -0.05) is 54.1 Å². The number of anilines is 1. The summed E-state index contributed by atoms with van der Waals surface area (Å²) in [6.07, 6.45) is 0. The SMILES string of the molecule is O=C(C(Cl)=NNc1ccccc1C(=O)O)c1ccccc1. The van der Waals surface area contributed by atoms with Crippen LogP contribution in [0.5, 0.6) is 0 Å². The fraction of sp³-hybridized carbons (Fsp3) is 0. The predicted octanol–water partition coefficient (Wildman–Crippen LogP) is 3.23. The second-order valence-corrected chi connectivity index (χ2v) is 4.42. The number of halogens is 1. The average Bonchev–Trinajstić information content (AvgIpc) is 2.52. The quantitative estimate of drug-likeness (QED) is 0.505. The number of ketones is 1. The van der Waals surface area contributed by atoms with Crippen LogP contribution in [0.15, 0.2) is 59.7 Å². The van der Waals surface area contributed by atoms with Crippen LogP contribution in [0.25, 0.3) is 0 Å². The van der Waals surface area contributed by atoms with Gasteiger partial charge in [-0.3, -0.25) is 10.2 Å². The fourth-order valence-electron chi connectivity index (χ4n) is 1.64. The van der Waals surface area contributed by atoms with Crippen LogP contribution in [0.2, 0.25) is 0 Å². The van der Waals surface area contributed by atoms with Crippen molar-refractivity contribution in [3.8, 4) is 0 Å². The number of carbonyl (C=O) groups is 2. The van der Waals surface area contributed by atoms with E-state index in [-0.39, 0.29) is 16.4 Å². The molecule has 0 radical (unpaired) electrons. The van der Waals surface area contributed by atoms with Gasteiger partial charge in [0.2, 0.25) is 5.78 Å². The first-order chi connectivity index (χ1) is 10.1. The Balaban J connectivity index is 2.18. The Kier molecular flexibility index (Phi) is 4.68. The summed E-state index contributed by atoms with van der Waals surface area (Å²) < 4.78 is 0. The summed E-state index contributed by atoms with van der Waals surface area (Å²) in [5.74, 6) is -1.55. The highest BCUT2D eigenvalue weighted by Gasteiger charge is 2.12. The number of benzene rings is 2. The van der Waals surface area contributed by atoms with Gasteiger partial charge in [0.1, 0.15) is 0 Å². The van der Waals surface area contributed by atoms with Gasteiger partial charge in [-0.15, -0.1) is 0 Å². The van der Waals surface area contributed by atoms with Gasteiger partial charge in [0.15, 0.2) is 5.17 Å². The van der Waals surface area contributed by atoms with Crippen LogP contribution < -0.4 is 5.43 Å². The summed E-state index contributed by atoms with van der Waals surface area (Å²) in [6, 6.07) is 14.6. The zero-order chi connectivity index (χ0) is 15.2. The monoisotopic (exact) mass is 302 g/mol. The predicted molar refractivity (Wildman–Crippen MR) is 81.1 cm³/mol. The molecule has 0 fully saturated rings. The molecule has 0 aliphatic rings. The standard InChI is InChI=1S/C15H11ClN2O3/c16-14(13(19)10-6-2-1-3-7-10)18-17-12-9-5-4-8-11(12)15(20)21/h1-9,17H,(H,20,21). The molecule has 0 amide bonds. The molecular weight excluding hydrogens is 292 g/mol. The van der Waals surface area contributed by atoms with Crippen LogP contribution in [0.3, 0.4) is 0 Å². The topological polar surface area (TPSA) is 78.8 Å². The van der Waals surface area contributed by atoms with Crippen LogP contribution in [0, 0.1) is 0 Å². The summed E-state index contributed by atoms with van der Waals surface area (Å²) >= 11 is 5.84. The molecule has 0 aliphatic carbocycles. The van der Waals surface area contributed by atoms with Crippen LogP contribution in [-0.4, -0.2) is 22.0 Å². The van der Waals surface area contributed by atoms with Crippen molar-refractivity contribution in [1.82, 2.24) is 0 Å².